The summed E-state index contributed by atoms with van der Waals surface area (Å²) in [6.45, 7) is 0.767. The standard InChI is InChI=1S/C25H23ClFN3O4S/c26-20-4-2-1-3-19(20)23(32)29-13-10-17(11-14-29)22-24(33)30(25(34)35-22)15-21(31)28-12-9-16-5-7-18(27)8-6-16/h1-8H,9-15H2,(H,28,31). The second-order valence-electron chi connectivity index (χ2n) is 8.19. The molecule has 2 aromatic rings. The van der Waals surface area contributed by atoms with Gasteiger partial charge < -0.3 is 10.2 Å². The number of halogens is 2. The summed E-state index contributed by atoms with van der Waals surface area (Å²) >= 11 is 6.98. The van der Waals surface area contributed by atoms with E-state index in [4.69, 9.17) is 11.6 Å². The van der Waals surface area contributed by atoms with E-state index in [-0.39, 0.29) is 18.3 Å². The third kappa shape index (κ3) is 5.91. The number of thioether (sulfide) groups is 1. The molecule has 4 amide bonds. The first kappa shape index (κ1) is 24.9. The summed E-state index contributed by atoms with van der Waals surface area (Å²) in [7, 11) is 0. The van der Waals surface area contributed by atoms with Crippen LogP contribution in [0.1, 0.15) is 28.8 Å². The summed E-state index contributed by atoms with van der Waals surface area (Å²) in [4.78, 5) is 53.3. The summed E-state index contributed by atoms with van der Waals surface area (Å²) < 4.78 is 13.0. The number of amides is 4. The largest absolute Gasteiger partial charge is 0.354 e. The van der Waals surface area contributed by atoms with E-state index < -0.39 is 17.1 Å². The lowest BCUT2D eigenvalue weighted by atomic mass is 10.0. The van der Waals surface area contributed by atoms with E-state index in [9.17, 15) is 23.6 Å². The summed E-state index contributed by atoms with van der Waals surface area (Å²) in [6, 6.07) is 12.8. The molecule has 0 aliphatic carbocycles. The second-order valence-corrected chi connectivity index (χ2v) is 9.56. The molecule has 2 aliphatic heterocycles. The molecule has 4 rings (SSSR count). The van der Waals surface area contributed by atoms with E-state index in [1.54, 1.807) is 41.3 Å². The zero-order valence-electron chi connectivity index (χ0n) is 18.8. The maximum absolute atomic E-state index is 13.0. The molecule has 2 heterocycles. The Kier molecular flexibility index (Phi) is 7.87. The van der Waals surface area contributed by atoms with Crippen molar-refractivity contribution in [2.45, 2.75) is 19.3 Å². The van der Waals surface area contributed by atoms with Gasteiger partial charge in [-0.3, -0.25) is 24.1 Å². The van der Waals surface area contributed by atoms with Gasteiger partial charge in [-0.05, 0) is 66.4 Å². The molecule has 0 aromatic heterocycles. The summed E-state index contributed by atoms with van der Waals surface area (Å²) in [5, 5.41) is 2.59. The third-order valence-electron chi connectivity index (χ3n) is 5.88. The highest BCUT2D eigenvalue weighted by molar-refractivity contribution is 8.18. The van der Waals surface area contributed by atoms with Gasteiger partial charge in [0.15, 0.2) is 0 Å². The topological polar surface area (TPSA) is 86.8 Å². The van der Waals surface area contributed by atoms with Gasteiger partial charge in [0.1, 0.15) is 12.4 Å². The fourth-order valence-corrected chi connectivity index (χ4v) is 5.15. The van der Waals surface area contributed by atoms with Gasteiger partial charge in [0.05, 0.1) is 15.5 Å². The molecular formula is C25H23ClFN3O4S. The van der Waals surface area contributed by atoms with Crippen LogP contribution in [-0.4, -0.2) is 58.9 Å². The van der Waals surface area contributed by atoms with Crippen molar-refractivity contribution in [1.29, 1.82) is 0 Å². The first-order chi connectivity index (χ1) is 16.8. The first-order valence-electron chi connectivity index (χ1n) is 11.1. The molecule has 0 unspecified atom stereocenters. The molecular weight excluding hydrogens is 493 g/mol. The number of benzene rings is 2. The molecule has 2 aromatic carbocycles. The van der Waals surface area contributed by atoms with Crippen LogP contribution in [-0.2, 0) is 16.0 Å². The van der Waals surface area contributed by atoms with Crippen LogP contribution in [0.2, 0.25) is 5.02 Å². The van der Waals surface area contributed by atoms with Crippen molar-refractivity contribution in [2.24, 2.45) is 0 Å². The lowest BCUT2D eigenvalue weighted by Crippen LogP contribution is -2.40. The molecule has 2 saturated heterocycles. The van der Waals surface area contributed by atoms with Crippen molar-refractivity contribution < 1.29 is 23.6 Å². The molecule has 0 atom stereocenters. The van der Waals surface area contributed by atoms with Gasteiger partial charge in [0.25, 0.3) is 17.1 Å². The maximum Gasteiger partial charge on any atom is 0.294 e. The molecule has 7 nitrogen and oxygen atoms in total. The van der Waals surface area contributed by atoms with Crippen molar-refractivity contribution in [1.82, 2.24) is 15.1 Å². The molecule has 0 radical (unpaired) electrons. The minimum absolute atomic E-state index is 0.167. The van der Waals surface area contributed by atoms with Crippen molar-refractivity contribution in [2.75, 3.05) is 26.2 Å². The van der Waals surface area contributed by atoms with Gasteiger partial charge in [-0.2, -0.15) is 0 Å². The lowest BCUT2D eigenvalue weighted by molar-refractivity contribution is -0.129. The van der Waals surface area contributed by atoms with Gasteiger partial charge in [0.2, 0.25) is 5.91 Å². The summed E-state index contributed by atoms with van der Waals surface area (Å²) in [6.07, 6.45) is 1.44. The number of carbonyl (C=O) groups is 4. The Morgan fingerprint density at radius 2 is 1.71 bits per heavy atom. The Bertz CT molecular complexity index is 1190. The van der Waals surface area contributed by atoms with Crippen LogP contribution >= 0.6 is 23.4 Å². The monoisotopic (exact) mass is 515 g/mol. The minimum atomic E-state index is -0.485. The first-order valence-corrected chi connectivity index (χ1v) is 12.3. The van der Waals surface area contributed by atoms with E-state index in [0.717, 1.165) is 27.8 Å². The highest BCUT2D eigenvalue weighted by Gasteiger charge is 2.38. The predicted molar refractivity (Wildman–Crippen MR) is 131 cm³/mol. The molecule has 35 heavy (non-hydrogen) atoms. The highest BCUT2D eigenvalue weighted by Crippen LogP contribution is 2.36. The second kappa shape index (κ2) is 11.0. The van der Waals surface area contributed by atoms with E-state index in [1.165, 1.54) is 12.1 Å². The zero-order chi connectivity index (χ0) is 24.9. The van der Waals surface area contributed by atoms with Gasteiger partial charge in [-0.15, -0.1) is 0 Å². The fourth-order valence-electron chi connectivity index (χ4n) is 3.96. The van der Waals surface area contributed by atoms with Gasteiger partial charge >= 0.3 is 0 Å². The van der Waals surface area contributed by atoms with Crippen LogP contribution in [0, 0.1) is 5.82 Å². The summed E-state index contributed by atoms with van der Waals surface area (Å²) in [5.74, 6) is -1.42. The van der Waals surface area contributed by atoms with Crippen LogP contribution in [0.3, 0.4) is 0 Å². The van der Waals surface area contributed by atoms with Crippen molar-refractivity contribution in [3.8, 4) is 0 Å². The van der Waals surface area contributed by atoms with Crippen LogP contribution < -0.4 is 5.32 Å². The van der Waals surface area contributed by atoms with E-state index >= 15 is 0 Å². The molecule has 1 N–H and O–H groups in total. The summed E-state index contributed by atoms with van der Waals surface area (Å²) in [5.41, 5.74) is 2.11. The number of piperidine rings is 1. The van der Waals surface area contributed by atoms with Crippen molar-refractivity contribution >= 4 is 46.3 Å². The number of hydrogen-bond acceptors (Lipinski definition) is 5. The Hall–Kier alpha value is -3.17. The molecule has 182 valence electrons. The minimum Gasteiger partial charge on any atom is -0.354 e. The number of likely N-dealkylation sites (tertiary alicyclic amines) is 1. The van der Waals surface area contributed by atoms with E-state index in [2.05, 4.69) is 5.32 Å². The Morgan fingerprint density at radius 3 is 2.40 bits per heavy atom. The molecule has 2 aliphatic rings. The highest BCUT2D eigenvalue weighted by atomic mass is 35.5. The average molecular weight is 516 g/mol. The normalized spacial score (nSPS) is 16.2. The van der Waals surface area contributed by atoms with Gasteiger partial charge in [0, 0.05) is 19.6 Å². The number of imide groups is 1. The Morgan fingerprint density at radius 1 is 1.03 bits per heavy atom. The van der Waals surface area contributed by atoms with Gasteiger partial charge in [-0.1, -0.05) is 35.9 Å². The van der Waals surface area contributed by atoms with Crippen LogP contribution in [0.15, 0.2) is 59.0 Å². The van der Waals surface area contributed by atoms with Crippen LogP contribution in [0.4, 0.5) is 9.18 Å². The van der Waals surface area contributed by atoms with Gasteiger partial charge in [-0.25, -0.2) is 4.39 Å². The number of nitrogens with zero attached hydrogens (tertiary/aromatic N) is 2. The smallest absolute Gasteiger partial charge is 0.294 e. The third-order valence-corrected chi connectivity index (χ3v) is 7.27. The van der Waals surface area contributed by atoms with E-state index in [0.29, 0.717) is 54.4 Å². The molecule has 2 fully saturated rings. The number of carbonyl (C=O) groups excluding carboxylic acids is 4. The molecule has 0 spiro atoms. The van der Waals surface area contributed by atoms with Crippen molar-refractivity contribution in [3.05, 3.63) is 81.0 Å². The molecule has 10 heteroatoms. The quantitative estimate of drug-likeness (QED) is 0.587. The molecule has 0 bridgehead atoms. The lowest BCUT2D eigenvalue weighted by Gasteiger charge is -2.29. The molecule has 0 saturated carbocycles. The zero-order valence-corrected chi connectivity index (χ0v) is 20.3. The SMILES string of the molecule is O=C(CN1C(=O)SC(=C2CCN(C(=O)c3ccccc3Cl)CC2)C1=O)NCCc1ccc(F)cc1. The maximum atomic E-state index is 13.0. The number of rotatable bonds is 6. The Balaban J connectivity index is 1.30. The van der Waals surface area contributed by atoms with Crippen LogP contribution in [0.5, 0.6) is 0 Å². The number of hydrogen-bond donors (Lipinski definition) is 1. The Labute approximate surface area is 211 Å². The fraction of sp³-hybridized carbons (Fsp3) is 0.280. The number of nitrogens with one attached hydrogen (secondary N) is 1. The van der Waals surface area contributed by atoms with Crippen LogP contribution in [0.25, 0.3) is 0 Å². The average Bonchev–Trinajstić information content (AvgIpc) is 3.13. The van der Waals surface area contributed by atoms with Crippen molar-refractivity contribution in [3.63, 3.8) is 0 Å². The predicted octanol–water partition coefficient (Wildman–Crippen LogP) is 4.02. The van der Waals surface area contributed by atoms with E-state index in [1.807, 2.05) is 0 Å².